The van der Waals surface area contributed by atoms with Crippen LogP contribution in [0.15, 0.2) is 48.5 Å². The second-order valence-electron chi connectivity index (χ2n) is 7.20. The van der Waals surface area contributed by atoms with E-state index in [1.54, 1.807) is 0 Å². The highest BCUT2D eigenvalue weighted by Crippen LogP contribution is 2.19. The Morgan fingerprint density at radius 3 is 2.38 bits per heavy atom. The summed E-state index contributed by atoms with van der Waals surface area (Å²) in [5, 5.41) is 3.39. The third-order valence-corrected chi connectivity index (χ3v) is 5.28. The number of carbonyl (C=O) groups excluding carboxylic acids is 1. The minimum Gasteiger partial charge on any atom is -0.374 e. The van der Waals surface area contributed by atoms with Gasteiger partial charge in [-0.3, -0.25) is 9.69 Å². The number of rotatable bonds is 5. The second-order valence-corrected chi connectivity index (χ2v) is 7.20. The zero-order valence-electron chi connectivity index (χ0n) is 16.0. The summed E-state index contributed by atoms with van der Waals surface area (Å²) in [6, 6.07) is 16.5. The number of hydrogen-bond acceptors (Lipinski definition) is 3. The van der Waals surface area contributed by atoms with Gasteiger partial charge in [0, 0.05) is 38.4 Å². The summed E-state index contributed by atoms with van der Waals surface area (Å²) in [4.78, 5) is 17.2. The topological polar surface area (TPSA) is 35.6 Å². The van der Waals surface area contributed by atoms with Gasteiger partial charge in [-0.25, -0.2) is 0 Å². The Labute approximate surface area is 156 Å². The summed E-state index contributed by atoms with van der Waals surface area (Å²) >= 11 is 0. The molecule has 0 radical (unpaired) electrons. The number of piperazine rings is 1. The molecule has 4 heteroatoms. The SMILES string of the molecule is Cc1cccc(N[C@@H](C)C(=O)N2CCN(Cc3ccccc3)CC2)c1C. The maximum atomic E-state index is 12.8. The molecule has 1 heterocycles. The molecule has 1 N–H and O–H groups in total. The summed E-state index contributed by atoms with van der Waals surface area (Å²) < 4.78 is 0. The van der Waals surface area contributed by atoms with Gasteiger partial charge in [0.2, 0.25) is 5.91 Å². The molecule has 26 heavy (non-hydrogen) atoms. The maximum Gasteiger partial charge on any atom is 0.244 e. The fourth-order valence-electron chi connectivity index (χ4n) is 3.44. The largest absolute Gasteiger partial charge is 0.374 e. The van der Waals surface area contributed by atoms with Crippen LogP contribution in [-0.4, -0.2) is 47.9 Å². The van der Waals surface area contributed by atoms with Crippen LogP contribution in [0.1, 0.15) is 23.6 Å². The Morgan fingerprint density at radius 1 is 1.00 bits per heavy atom. The molecule has 1 aliphatic heterocycles. The predicted octanol–water partition coefficient (Wildman–Crippen LogP) is 3.45. The molecule has 0 aliphatic carbocycles. The normalized spacial score (nSPS) is 16.3. The number of benzene rings is 2. The third-order valence-electron chi connectivity index (χ3n) is 5.28. The van der Waals surface area contributed by atoms with Crippen molar-refractivity contribution in [3.05, 3.63) is 65.2 Å². The molecule has 2 aromatic rings. The van der Waals surface area contributed by atoms with Crippen LogP contribution in [0.25, 0.3) is 0 Å². The number of amides is 1. The number of anilines is 1. The van der Waals surface area contributed by atoms with Crippen molar-refractivity contribution in [2.24, 2.45) is 0 Å². The Bertz CT molecular complexity index is 736. The molecular weight excluding hydrogens is 322 g/mol. The number of nitrogens with one attached hydrogen (secondary N) is 1. The van der Waals surface area contributed by atoms with Crippen LogP contribution >= 0.6 is 0 Å². The maximum absolute atomic E-state index is 12.8. The number of carbonyl (C=O) groups is 1. The van der Waals surface area contributed by atoms with E-state index in [9.17, 15) is 4.79 Å². The number of aryl methyl sites for hydroxylation is 1. The summed E-state index contributed by atoms with van der Waals surface area (Å²) in [5.41, 5.74) is 4.83. The smallest absolute Gasteiger partial charge is 0.244 e. The van der Waals surface area contributed by atoms with Crippen molar-refractivity contribution in [2.45, 2.75) is 33.4 Å². The van der Waals surface area contributed by atoms with Gasteiger partial charge in [0.25, 0.3) is 0 Å². The molecule has 3 rings (SSSR count). The van der Waals surface area contributed by atoms with Crippen molar-refractivity contribution in [3.63, 3.8) is 0 Å². The molecule has 4 nitrogen and oxygen atoms in total. The summed E-state index contributed by atoms with van der Waals surface area (Å²) in [6.07, 6.45) is 0. The third kappa shape index (κ3) is 4.44. The van der Waals surface area contributed by atoms with Crippen LogP contribution in [0, 0.1) is 13.8 Å². The highest BCUT2D eigenvalue weighted by atomic mass is 16.2. The van der Waals surface area contributed by atoms with Crippen LogP contribution in [0.5, 0.6) is 0 Å². The van der Waals surface area contributed by atoms with E-state index in [-0.39, 0.29) is 11.9 Å². The molecule has 0 aromatic heterocycles. The van der Waals surface area contributed by atoms with Gasteiger partial charge in [0.15, 0.2) is 0 Å². The zero-order chi connectivity index (χ0) is 18.5. The lowest BCUT2D eigenvalue weighted by Gasteiger charge is -2.36. The first-order chi connectivity index (χ1) is 12.5. The lowest BCUT2D eigenvalue weighted by atomic mass is 10.1. The number of hydrogen-bond donors (Lipinski definition) is 1. The van der Waals surface area contributed by atoms with Crippen molar-refractivity contribution >= 4 is 11.6 Å². The summed E-state index contributed by atoms with van der Waals surface area (Å²) in [5.74, 6) is 0.185. The lowest BCUT2D eigenvalue weighted by Crippen LogP contribution is -2.51. The predicted molar refractivity (Wildman–Crippen MR) is 107 cm³/mol. The first-order valence-corrected chi connectivity index (χ1v) is 9.42. The van der Waals surface area contributed by atoms with Crippen molar-refractivity contribution in [1.82, 2.24) is 9.80 Å². The minimum atomic E-state index is -0.212. The highest BCUT2D eigenvalue weighted by Gasteiger charge is 2.25. The molecule has 2 aromatic carbocycles. The molecule has 138 valence electrons. The van der Waals surface area contributed by atoms with Crippen molar-refractivity contribution in [3.8, 4) is 0 Å². The zero-order valence-corrected chi connectivity index (χ0v) is 16.0. The van der Waals surface area contributed by atoms with Gasteiger partial charge >= 0.3 is 0 Å². The van der Waals surface area contributed by atoms with Gasteiger partial charge in [0.05, 0.1) is 0 Å². The van der Waals surface area contributed by atoms with E-state index >= 15 is 0 Å². The Balaban J connectivity index is 1.52. The van der Waals surface area contributed by atoms with Crippen LogP contribution < -0.4 is 5.32 Å². The molecule has 0 unspecified atom stereocenters. The summed E-state index contributed by atoms with van der Waals surface area (Å²) in [6.45, 7) is 10.6. The van der Waals surface area contributed by atoms with Crippen LogP contribution in [0.2, 0.25) is 0 Å². The first-order valence-electron chi connectivity index (χ1n) is 9.42. The van der Waals surface area contributed by atoms with Gasteiger partial charge in [0.1, 0.15) is 6.04 Å². The number of nitrogens with zero attached hydrogens (tertiary/aromatic N) is 2. The monoisotopic (exact) mass is 351 g/mol. The average molecular weight is 351 g/mol. The molecule has 1 atom stereocenters. The van der Waals surface area contributed by atoms with E-state index in [4.69, 9.17) is 0 Å². The van der Waals surface area contributed by atoms with E-state index < -0.39 is 0 Å². The van der Waals surface area contributed by atoms with Crippen LogP contribution in [0.4, 0.5) is 5.69 Å². The molecule has 1 amide bonds. The molecule has 0 saturated carbocycles. The Morgan fingerprint density at radius 2 is 1.69 bits per heavy atom. The lowest BCUT2D eigenvalue weighted by molar-refractivity contribution is -0.133. The van der Waals surface area contributed by atoms with Crippen molar-refractivity contribution < 1.29 is 4.79 Å². The molecule has 1 saturated heterocycles. The van der Waals surface area contributed by atoms with E-state index in [1.165, 1.54) is 16.7 Å². The minimum absolute atomic E-state index is 0.185. The van der Waals surface area contributed by atoms with Crippen molar-refractivity contribution in [2.75, 3.05) is 31.5 Å². The Kier molecular flexibility index (Phi) is 5.94. The van der Waals surface area contributed by atoms with Crippen LogP contribution in [-0.2, 0) is 11.3 Å². The average Bonchev–Trinajstić information content (AvgIpc) is 2.66. The van der Waals surface area contributed by atoms with Gasteiger partial charge in [-0.2, -0.15) is 0 Å². The van der Waals surface area contributed by atoms with E-state index in [1.807, 2.05) is 30.0 Å². The van der Waals surface area contributed by atoms with Gasteiger partial charge in [-0.05, 0) is 43.5 Å². The Hall–Kier alpha value is -2.33. The highest BCUT2D eigenvalue weighted by molar-refractivity contribution is 5.84. The van der Waals surface area contributed by atoms with E-state index in [2.05, 4.69) is 54.4 Å². The van der Waals surface area contributed by atoms with Crippen LogP contribution in [0.3, 0.4) is 0 Å². The van der Waals surface area contributed by atoms with E-state index in [0.717, 1.165) is 38.4 Å². The quantitative estimate of drug-likeness (QED) is 0.896. The molecule has 0 spiro atoms. The molecule has 1 fully saturated rings. The van der Waals surface area contributed by atoms with Gasteiger partial charge in [-0.1, -0.05) is 42.5 Å². The van der Waals surface area contributed by atoms with Gasteiger partial charge < -0.3 is 10.2 Å². The second kappa shape index (κ2) is 8.37. The standard InChI is InChI=1S/C22H29N3O/c1-17-8-7-11-21(18(17)2)23-19(3)22(26)25-14-12-24(13-15-25)16-20-9-5-4-6-10-20/h4-11,19,23H,12-16H2,1-3H3/t19-/m0/s1. The van der Waals surface area contributed by atoms with Gasteiger partial charge in [-0.15, -0.1) is 0 Å². The molecule has 1 aliphatic rings. The first kappa shape index (κ1) is 18.5. The van der Waals surface area contributed by atoms with Crippen molar-refractivity contribution in [1.29, 1.82) is 0 Å². The van der Waals surface area contributed by atoms with E-state index in [0.29, 0.717) is 0 Å². The molecular formula is C22H29N3O. The summed E-state index contributed by atoms with van der Waals surface area (Å²) in [7, 11) is 0. The molecule has 0 bridgehead atoms. The fourth-order valence-corrected chi connectivity index (χ4v) is 3.44. The fraction of sp³-hybridized carbons (Fsp3) is 0.409.